The fourth-order valence-corrected chi connectivity index (χ4v) is 1.76. The summed E-state index contributed by atoms with van der Waals surface area (Å²) in [7, 11) is 0. The Balaban J connectivity index is 2.06. The molecule has 0 aliphatic carbocycles. The fourth-order valence-electron chi connectivity index (χ4n) is 1.76. The fraction of sp³-hybridized carbons (Fsp3) is 0.214. The van der Waals surface area contributed by atoms with Gasteiger partial charge in [0.2, 0.25) is 5.76 Å². The highest BCUT2D eigenvalue weighted by atomic mass is 16.4. The molecule has 0 radical (unpaired) electrons. The second kappa shape index (κ2) is 5.40. The summed E-state index contributed by atoms with van der Waals surface area (Å²) in [5.74, 6) is -1.05. The van der Waals surface area contributed by atoms with Crippen molar-refractivity contribution < 1.29 is 14.3 Å². The van der Waals surface area contributed by atoms with Gasteiger partial charge in [0.1, 0.15) is 0 Å². The number of aryl methyl sites for hydroxylation is 1. The van der Waals surface area contributed by atoms with E-state index in [-0.39, 0.29) is 5.76 Å². The van der Waals surface area contributed by atoms with Crippen LogP contribution in [-0.4, -0.2) is 11.1 Å². The Bertz CT molecular complexity index is 545. The molecule has 94 valence electrons. The minimum atomic E-state index is -1.04. The van der Waals surface area contributed by atoms with E-state index in [1.54, 1.807) is 6.07 Å². The van der Waals surface area contributed by atoms with Crippen LogP contribution in [0, 0.1) is 0 Å². The molecule has 0 fully saturated rings. The van der Waals surface area contributed by atoms with E-state index in [1.165, 1.54) is 11.8 Å². The predicted molar refractivity (Wildman–Crippen MR) is 68.8 cm³/mol. The van der Waals surface area contributed by atoms with Crippen molar-refractivity contribution in [3.05, 3.63) is 53.5 Å². The van der Waals surface area contributed by atoms with Crippen LogP contribution >= 0.6 is 0 Å². The van der Waals surface area contributed by atoms with Gasteiger partial charge in [-0.3, -0.25) is 0 Å². The Morgan fingerprint density at radius 1 is 1.39 bits per heavy atom. The minimum absolute atomic E-state index is 0.00542. The van der Waals surface area contributed by atoms with E-state index in [1.807, 2.05) is 12.1 Å². The lowest BCUT2D eigenvalue weighted by Gasteiger charge is -2.07. The predicted octanol–water partition coefficient (Wildman–Crippen LogP) is 3.15. The molecule has 0 saturated carbocycles. The minimum Gasteiger partial charge on any atom is -0.475 e. The number of anilines is 1. The highest BCUT2D eigenvalue weighted by Gasteiger charge is 2.13. The molecule has 1 aromatic carbocycles. The van der Waals surface area contributed by atoms with Gasteiger partial charge < -0.3 is 14.8 Å². The van der Waals surface area contributed by atoms with E-state index < -0.39 is 5.97 Å². The molecule has 4 heteroatoms. The molecule has 0 saturated heterocycles. The molecule has 0 aliphatic rings. The summed E-state index contributed by atoms with van der Waals surface area (Å²) in [6, 6.07) is 9.72. The maximum absolute atomic E-state index is 10.9. The Hall–Kier alpha value is -2.23. The molecular formula is C14H15NO3. The highest BCUT2D eigenvalue weighted by molar-refractivity contribution is 5.86. The molecule has 1 heterocycles. The van der Waals surface area contributed by atoms with E-state index in [9.17, 15) is 4.79 Å². The van der Waals surface area contributed by atoms with Gasteiger partial charge in [-0.1, -0.05) is 19.1 Å². The Kier molecular flexibility index (Phi) is 3.67. The molecule has 18 heavy (non-hydrogen) atoms. The van der Waals surface area contributed by atoms with Gasteiger partial charge in [0.05, 0.1) is 6.26 Å². The van der Waals surface area contributed by atoms with Crippen LogP contribution in [0.4, 0.5) is 5.69 Å². The molecule has 2 aromatic rings. The number of carboxylic acid groups (broad SMARTS) is 1. The monoisotopic (exact) mass is 245 g/mol. The van der Waals surface area contributed by atoms with Crippen LogP contribution in [0.1, 0.15) is 28.6 Å². The molecule has 1 aromatic heterocycles. The maximum atomic E-state index is 10.9. The van der Waals surface area contributed by atoms with Gasteiger partial charge in [-0.15, -0.1) is 0 Å². The number of hydrogen-bond donors (Lipinski definition) is 2. The normalized spacial score (nSPS) is 10.3. The average Bonchev–Trinajstić information content (AvgIpc) is 2.85. The standard InChI is InChI=1S/C14H15NO3/c1-2-10-4-3-5-12(8-10)15-9-11-6-7-18-13(11)14(16)17/h3-8,15H,2,9H2,1H3,(H,16,17). The highest BCUT2D eigenvalue weighted by Crippen LogP contribution is 2.15. The number of rotatable bonds is 5. The zero-order chi connectivity index (χ0) is 13.0. The number of carbonyl (C=O) groups is 1. The summed E-state index contributed by atoms with van der Waals surface area (Å²) in [5, 5.41) is 12.1. The molecule has 0 spiro atoms. The number of hydrogen-bond acceptors (Lipinski definition) is 3. The van der Waals surface area contributed by atoms with Crippen LogP contribution < -0.4 is 5.32 Å². The molecule has 2 rings (SSSR count). The first-order valence-electron chi connectivity index (χ1n) is 5.83. The quantitative estimate of drug-likeness (QED) is 0.849. The van der Waals surface area contributed by atoms with Crippen molar-refractivity contribution >= 4 is 11.7 Å². The van der Waals surface area contributed by atoms with Crippen molar-refractivity contribution in [2.45, 2.75) is 19.9 Å². The Morgan fingerprint density at radius 3 is 2.94 bits per heavy atom. The first-order valence-corrected chi connectivity index (χ1v) is 5.83. The third-order valence-corrected chi connectivity index (χ3v) is 2.76. The maximum Gasteiger partial charge on any atom is 0.372 e. The van der Waals surface area contributed by atoms with Crippen LogP contribution in [0.15, 0.2) is 41.0 Å². The number of nitrogens with one attached hydrogen (secondary N) is 1. The molecule has 0 amide bonds. The Labute approximate surface area is 105 Å². The number of benzene rings is 1. The summed E-state index contributed by atoms with van der Waals surface area (Å²) in [6.45, 7) is 2.53. The summed E-state index contributed by atoms with van der Waals surface area (Å²) in [4.78, 5) is 10.9. The molecule has 0 unspecified atom stereocenters. The van der Waals surface area contributed by atoms with Gasteiger partial charge in [0.25, 0.3) is 0 Å². The lowest BCUT2D eigenvalue weighted by Crippen LogP contribution is -2.04. The van der Waals surface area contributed by atoms with E-state index in [2.05, 4.69) is 24.4 Å². The van der Waals surface area contributed by atoms with Gasteiger partial charge in [0, 0.05) is 17.8 Å². The molecule has 4 nitrogen and oxygen atoms in total. The summed E-state index contributed by atoms with van der Waals surface area (Å²) in [5.41, 5.74) is 2.86. The first-order chi connectivity index (χ1) is 8.70. The van der Waals surface area contributed by atoms with Crippen molar-refractivity contribution in [3.63, 3.8) is 0 Å². The number of furan rings is 1. The summed E-state index contributed by atoms with van der Waals surface area (Å²) < 4.78 is 4.92. The van der Waals surface area contributed by atoms with E-state index in [0.717, 1.165) is 12.1 Å². The smallest absolute Gasteiger partial charge is 0.372 e. The summed E-state index contributed by atoms with van der Waals surface area (Å²) in [6.07, 6.45) is 2.37. The third-order valence-electron chi connectivity index (χ3n) is 2.76. The second-order valence-electron chi connectivity index (χ2n) is 3.99. The molecule has 0 atom stereocenters. The van der Waals surface area contributed by atoms with Crippen molar-refractivity contribution in [1.82, 2.24) is 0 Å². The molecule has 0 bridgehead atoms. The zero-order valence-electron chi connectivity index (χ0n) is 10.1. The van der Waals surface area contributed by atoms with Gasteiger partial charge in [-0.05, 0) is 30.2 Å². The van der Waals surface area contributed by atoms with Crippen LogP contribution in [0.5, 0.6) is 0 Å². The summed E-state index contributed by atoms with van der Waals surface area (Å²) >= 11 is 0. The van der Waals surface area contributed by atoms with E-state index >= 15 is 0 Å². The van der Waals surface area contributed by atoms with Gasteiger partial charge >= 0.3 is 5.97 Å². The average molecular weight is 245 g/mol. The molecule has 0 aliphatic heterocycles. The van der Waals surface area contributed by atoms with Crippen LogP contribution in [0.25, 0.3) is 0 Å². The van der Waals surface area contributed by atoms with Crippen molar-refractivity contribution in [1.29, 1.82) is 0 Å². The third kappa shape index (κ3) is 2.71. The van der Waals surface area contributed by atoms with Crippen LogP contribution in [0.3, 0.4) is 0 Å². The van der Waals surface area contributed by atoms with Crippen LogP contribution in [0.2, 0.25) is 0 Å². The SMILES string of the molecule is CCc1cccc(NCc2ccoc2C(=O)O)c1. The topological polar surface area (TPSA) is 62.5 Å². The van der Waals surface area contributed by atoms with E-state index in [4.69, 9.17) is 9.52 Å². The van der Waals surface area contributed by atoms with Crippen molar-refractivity contribution in [2.24, 2.45) is 0 Å². The second-order valence-corrected chi connectivity index (χ2v) is 3.99. The molecular weight excluding hydrogens is 230 g/mol. The number of carboxylic acids is 1. The lowest BCUT2D eigenvalue weighted by molar-refractivity contribution is 0.0661. The first kappa shape index (κ1) is 12.2. The van der Waals surface area contributed by atoms with Crippen molar-refractivity contribution in [2.75, 3.05) is 5.32 Å². The van der Waals surface area contributed by atoms with Crippen molar-refractivity contribution in [3.8, 4) is 0 Å². The lowest BCUT2D eigenvalue weighted by atomic mass is 10.1. The van der Waals surface area contributed by atoms with Gasteiger partial charge in [-0.2, -0.15) is 0 Å². The van der Waals surface area contributed by atoms with Gasteiger partial charge in [0.15, 0.2) is 0 Å². The van der Waals surface area contributed by atoms with Gasteiger partial charge in [-0.25, -0.2) is 4.79 Å². The van der Waals surface area contributed by atoms with Crippen LogP contribution in [-0.2, 0) is 13.0 Å². The Morgan fingerprint density at radius 2 is 2.22 bits per heavy atom. The van der Waals surface area contributed by atoms with E-state index in [0.29, 0.717) is 12.1 Å². The largest absolute Gasteiger partial charge is 0.475 e. The molecule has 2 N–H and O–H groups in total. The zero-order valence-corrected chi connectivity index (χ0v) is 10.1. The number of aromatic carboxylic acids is 1.